The van der Waals surface area contributed by atoms with Crippen LogP contribution in [0.25, 0.3) is 11.3 Å². The summed E-state index contributed by atoms with van der Waals surface area (Å²) in [5.74, 6) is 0.893. The number of pyridine rings is 1. The summed E-state index contributed by atoms with van der Waals surface area (Å²) in [6.07, 6.45) is 0.415. The van der Waals surface area contributed by atoms with Crippen molar-refractivity contribution in [2.24, 2.45) is 11.8 Å². The van der Waals surface area contributed by atoms with Gasteiger partial charge in [0.1, 0.15) is 0 Å². The SMILES string of the molecule is CO[C@H]1CCN(C2C[C@@H]3[C@H](C2)[C@H]3c2cc(-c3cnc(N)c(OC(F)(F)F)c3)nn2C(C)C)C1. The lowest BCUT2D eigenvalue weighted by atomic mass is 10.0. The van der Waals surface area contributed by atoms with Gasteiger partial charge in [0.25, 0.3) is 0 Å². The van der Waals surface area contributed by atoms with Crippen molar-refractivity contribution >= 4 is 5.82 Å². The molecule has 180 valence electrons. The number of anilines is 1. The number of ether oxygens (including phenoxy) is 2. The molecule has 0 aromatic carbocycles. The fourth-order valence-corrected chi connectivity index (χ4v) is 5.84. The van der Waals surface area contributed by atoms with E-state index in [1.807, 2.05) is 10.7 Å². The number of fused-ring (bicyclic) bond motifs is 1. The molecule has 7 nitrogen and oxygen atoms in total. The highest BCUT2D eigenvalue weighted by atomic mass is 19.4. The van der Waals surface area contributed by atoms with Crippen molar-refractivity contribution in [1.82, 2.24) is 19.7 Å². The van der Waals surface area contributed by atoms with Crippen LogP contribution in [0.5, 0.6) is 5.75 Å². The fraction of sp³-hybridized carbons (Fsp3) is 0.652. The predicted molar refractivity (Wildman–Crippen MR) is 117 cm³/mol. The maximum absolute atomic E-state index is 12.7. The number of aromatic nitrogens is 3. The van der Waals surface area contributed by atoms with Gasteiger partial charge in [-0.2, -0.15) is 5.10 Å². The summed E-state index contributed by atoms with van der Waals surface area (Å²) in [6.45, 7) is 6.26. The molecule has 2 aromatic heterocycles. The second-order valence-corrected chi connectivity index (χ2v) is 9.77. The summed E-state index contributed by atoms with van der Waals surface area (Å²) in [6, 6.07) is 4.02. The molecule has 0 spiro atoms. The standard InChI is InChI=1S/C23H30F3N5O2/c1-12(2)31-19(21-16-7-14(8-17(16)21)30-5-4-15(11-30)32-3)9-18(29-31)13-6-20(22(27)28-10-13)33-23(24,25)26/h6,9-10,12,14-17,21H,4-5,7-8,11H2,1-3H3,(H2,27,28)/t14?,15-,16-,17+,21+/m0/s1. The molecule has 10 heteroatoms. The zero-order valence-electron chi connectivity index (χ0n) is 19.0. The Labute approximate surface area is 191 Å². The van der Waals surface area contributed by atoms with Gasteiger partial charge in [-0.15, -0.1) is 13.2 Å². The summed E-state index contributed by atoms with van der Waals surface area (Å²) in [5.41, 5.74) is 7.78. The Morgan fingerprint density at radius 1 is 1.18 bits per heavy atom. The molecule has 2 N–H and O–H groups in total. The van der Waals surface area contributed by atoms with E-state index < -0.39 is 12.1 Å². The Kier molecular flexibility index (Phi) is 5.55. The van der Waals surface area contributed by atoms with Crippen molar-refractivity contribution in [2.75, 3.05) is 25.9 Å². The maximum atomic E-state index is 12.7. The minimum Gasteiger partial charge on any atom is -0.402 e. The molecule has 3 aliphatic rings. The Morgan fingerprint density at radius 3 is 2.52 bits per heavy atom. The van der Waals surface area contributed by atoms with Crippen molar-refractivity contribution in [3.05, 3.63) is 24.0 Å². The largest absolute Gasteiger partial charge is 0.573 e. The molecule has 0 amide bonds. The van der Waals surface area contributed by atoms with Crippen molar-refractivity contribution < 1.29 is 22.6 Å². The predicted octanol–water partition coefficient (Wildman–Crippen LogP) is 4.22. The van der Waals surface area contributed by atoms with Crippen LogP contribution in [0.2, 0.25) is 0 Å². The Hall–Kier alpha value is -2.33. The second-order valence-electron chi connectivity index (χ2n) is 9.77. The first-order valence-electron chi connectivity index (χ1n) is 11.5. The third kappa shape index (κ3) is 4.30. The van der Waals surface area contributed by atoms with Crippen LogP contribution in [0.1, 0.15) is 50.8 Å². The molecule has 5 rings (SSSR count). The fourth-order valence-electron chi connectivity index (χ4n) is 5.84. The van der Waals surface area contributed by atoms with Gasteiger partial charge in [0, 0.05) is 55.7 Å². The highest BCUT2D eigenvalue weighted by molar-refractivity contribution is 5.64. The molecule has 5 atom stereocenters. The van der Waals surface area contributed by atoms with E-state index in [4.69, 9.17) is 15.6 Å². The number of nitrogens with two attached hydrogens (primary N) is 1. The first-order chi connectivity index (χ1) is 15.6. The van der Waals surface area contributed by atoms with Gasteiger partial charge >= 0.3 is 6.36 Å². The molecule has 2 saturated carbocycles. The minimum atomic E-state index is -4.84. The number of likely N-dealkylation sites (tertiary alicyclic amines) is 1. The first-order valence-corrected chi connectivity index (χ1v) is 11.5. The number of halogens is 3. The van der Waals surface area contributed by atoms with E-state index in [2.05, 4.69) is 28.5 Å². The number of alkyl halides is 3. The molecule has 2 aliphatic carbocycles. The summed E-state index contributed by atoms with van der Waals surface area (Å²) < 4.78 is 49.7. The molecular weight excluding hydrogens is 435 g/mol. The number of nitrogens with zero attached hydrogens (tertiary/aromatic N) is 4. The highest BCUT2D eigenvalue weighted by Crippen LogP contribution is 2.64. The average molecular weight is 466 g/mol. The lowest BCUT2D eigenvalue weighted by Gasteiger charge is -2.26. The third-order valence-electron chi connectivity index (χ3n) is 7.44. The third-order valence-corrected chi connectivity index (χ3v) is 7.44. The quantitative estimate of drug-likeness (QED) is 0.688. The summed E-state index contributed by atoms with van der Waals surface area (Å²) >= 11 is 0. The van der Waals surface area contributed by atoms with E-state index >= 15 is 0 Å². The molecule has 1 saturated heterocycles. The van der Waals surface area contributed by atoms with Gasteiger partial charge in [-0.05, 0) is 57.1 Å². The topological polar surface area (TPSA) is 78.4 Å². The monoisotopic (exact) mass is 465 g/mol. The maximum Gasteiger partial charge on any atom is 0.573 e. The highest BCUT2D eigenvalue weighted by Gasteiger charge is 2.59. The Bertz CT molecular complexity index is 1010. The van der Waals surface area contributed by atoms with Gasteiger partial charge in [0.2, 0.25) is 0 Å². The molecule has 1 aliphatic heterocycles. The summed E-state index contributed by atoms with van der Waals surface area (Å²) in [4.78, 5) is 6.47. The number of methoxy groups -OCH3 is 1. The number of rotatable bonds is 6. The van der Waals surface area contributed by atoms with Crippen molar-refractivity contribution in [3.8, 4) is 17.0 Å². The van der Waals surface area contributed by atoms with E-state index in [1.165, 1.54) is 25.1 Å². The van der Waals surface area contributed by atoms with E-state index in [9.17, 15) is 13.2 Å². The van der Waals surface area contributed by atoms with E-state index in [0.717, 1.165) is 25.2 Å². The van der Waals surface area contributed by atoms with Crippen LogP contribution in [-0.4, -0.2) is 58.4 Å². The lowest BCUT2D eigenvalue weighted by Crippen LogP contribution is -2.33. The van der Waals surface area contributed by atoms with Gasteiger partial charge in [-0.25, -0.2) is 4.98 Å². The van der Waals surface area contributed by atoms with Crippen LogP contribution in [0.4, 0.5) is 19.0 Å². The van der Waals surface area contributed by atoms with Crippen molar-refractivity contribution in [1.29, 1.82) is 0 Å². The molecule has 1 unspecified atom stereocenters. The molecule has 0 bridgehead atoms. The zero-order valence-corrected chi connectivity index (χ0v) is 19.0. The summed E-state index contributed by atoms with van der Waals surface area (Å²) in [5, 5.41) is 4.73. The molecule has 3 fully saturated rings. The van der Waals surface area contributed by atoms with Crippen LogP contribution in [-0.2, 0) is 4.74 Å². The zero-order chi connectivity index (χ0) is 23.5. The minimum absolute atomic E-state index is 0.138. The number of nitrogen functional groups attached to an aromatic ring is 1. The molecule has 33 heavy (non-hydrogen) atoms. The lowest BCUT2D eigenvalue weighted by molar-refractivity contribution is -0.274. The van der Waals surface area contributed by atoms with Crippen molar-refractivity contribution in [3.63, 3.8) is 0 Å². The second kappa shape index (κ2) is 8.16. The van der Waals surface area contributed by atoms with Gasteiger partial charge in [-0.3, -0.25) is 9.58 Å². The Balaban J connectivity index is 1.34. The van der Waals surface area contributed by atoms with Crippen LogP contribution in [0.15, 0.2) is 18.3 Å². The van der Waals surface area contributed by atoms with Crippen LogP contribution >= 0.6 is 0 Å². The van der Waals surface area contributed by atoms with Gasteiger partial charge in [0.05, 0.1) is 11.8 Å². The van der Waals surface area contributed by atoms with Gasteiger partial charge < -0.3 is 15.2 Å². The van der Waals surface area contributed by atoms with Gasteiger partial charge in [0.15, 0.2) is 11.6 Å². The molecule has 2 aromatic rings. The van der Waals surface area contributed by atoms with Crippen molar-refractivity contribution in [2.45, 2.75) is 63.6 Å². The first kappa shape index (κ1) is 22.5. The average Bonchev–Trinajstić information content (AvgIpc) is 3.23. The van der Waals surface area contributed by atoms with Crippen LogP contribution in [0, 0.1) is 11.8 Å². The van der Waals surface area contributed by atoms with E-state index in [-0.39, 0.29) is 11.9 Å². The number of hydrogen-bond acceptors (Lipinski definition) is 6. The number of hydrogen-bond donors (Lipinski definition) is 1. The Morgan fingerprint density at radius 2 is 1.91 bits per heavy atom. The molecule has 0 radical (unpaired) electrons. The van der Waals surface area contributed by atoms with Gasteiger partial charge in [-0.1, -0.05) is 0 Å². The molecular formula is C23H30F3N5O2. The van der Waals surface area contributed by atoms with E-state index in [0.29, 0.717) is 41.2 Å². The summed E-state index contributed by atoms with van der Waals surface area (Å²) in [7, 11) is 1.79. The normalized spacial score (nSPS) is 29.6. The smallest absolute Gasteiger partial charge is 0.402 e. The van der Waals surface area contributed by atoms with E-state index in [1.54, 1.807) is 7.11 Å². The molecule has 3 heterocycles. The van der Waals surface area contributed by atoms with Crippen LogP contribution in [0.3, 0.4) is 0 Å². The van der Waals surface area contributed by atoms with Crippen LogP contribution < -0.4 is 10.5 Å².